The van der Waals surface area contributed by atoms with Crippen molar-refractivity contribution in [1.82, 2.24) is 9.80 Å². The first-order valence-corrected chi connectivity index (χ1v) is 7.71. The Balaban J connectivity index is 2.01. The van der Waals surface area contributed by atoms with Gasteiger partial charge >= 0.3 is 0 Å². The fraction of sp³-hybridized carbons (Fsp3) is 0.562. The molecule has 0 unspecified atom stereocenters. The predicted molar refractivity (Wildman–Crippen MR) is 83.2 cm³/mol. The standard InChI is InChI=1S/C16H23ClN2O/c1-12-4-5-15(13(2)10-12)14(3)18-6-8-19(9-7-18)16(20)11-17/h4-5,10,14H,6-9,11H2,1-3H3/t14-/m1/s1. The first kappa shape index (κ1) is 15.3. The quantitative estimate of drug-likeness (QED) is 0.800. The van der Waals surface area contributed by atoms with E-state index in [1.807, 2.05) is 4.90 Å². The van der Waals surface area contributed by atoms with E-state index in [2.05, 4.69) is 43.9 Å². The second kappa shape index (κ2) is 6.59. The van der Waals surface area contributed by atoms with Crippen molar-refractivity contribution in [2.75, 3.05) is 32.1 Å². The van der Waals surface area contributed by atoms with Crippen molar-refractivity contribution >= 4 is 17.5 Å². The van der Waals surface area contributed by atoms with Gasteiger partial charge in [-0.15, -0.1) is 11.6 Å². The fourth-order valence-corrected chi connectivity index (χ4v) is 3.10. The number of piperazine rings is 1. The average molecular weight is 295 g/mol. The van der Waals surface area contributed by atoms with Gasteiger partial charge in [0.05, 0.1) is 0 Å². The number of carbonyl (C=O) groups excluding carboxylic acids is 1. The molecular weight excluding hydrogens is 272 g/mol. The van der Waals surface area contributed by atoms with E-state index >= 15 is 0 Å². The number of rotatable bonds is 3. The van der Waals surface area contributed by atoms with Crippen LogP contribution < -0.4 is 0 Å². The van der Waals surface area contributed by atoms with Gasteiger partial charge in [0.15, 0.2) is 0 Å². The van der Waals surface area contributed by atoms with Crippen LogP contribution in [0.3, 0.4) is 0 Å². The van der Waals surface area contributed by atoms with Crippen LogP contribution in [0.15, 0.2) is 18.2 Å². The van der Waals surface area contributed by atoms with Crippen LogP contribution in [0.2, 0.25) is 0 Å². The van der Waals surface area contributed by atoms with Crippen molar-refractivity contribution in [2.45, 2.75) is 26.8 Å². The van der Waals surface area contributed by atoms with Crippen LogP contribution in [0, 0.1) is 13.8 Å². The molecule has 1 heterocycles. The average Bonchev–Trinajstić information content (AvgIpc) is 2.46. The zero-order valence-corrected chi connectivity index (χ0v) is 13.3. The summed E-state index contributed by atoms with van der Waals surface area (Å²) >= 11 is 5.61. The zero-order valence-electron chi connectivity index (χ0n) is 12.5. The molecule has 1 aromatic rings. The molecule has 0 spiro atoms. The molecular formula is C16H23ClN2O. The molecule has 1 atom stereocenters. The van der Waals surface area contributed by atoms with Crippen LogP contribution in [0.25, 0.3) is 0 Å². The Morgan fingerprint density at radius 2 is 1.90 bits per heavy atom. The summed E-state index contributed by atoms with van der Waals surface area (Å²) in [6, 6.07) is 7.03. The third-order valence-electron chi connectivity index (χ3n) is 4.20. The summed E-state index contributed by atoms with van der Waals surface area (Å²) < 4.78 is 0. The second-order valence-corrected chi connectivity index (χ2v) is 5.85. The van der Waals surface area contributed by atoms with Crippen LogP contribution in [0.5, 0.6) is 0 Å². The number of amides is 1. The lowest BCUT2D eigenvalue weighted by Crippen LogP contribution is -2.49. The summed E-state index contributed by atoms with van der Waals surface area (Å²) in [5.74, 6) is 0.137. The van der Waals surface area contributed by atoms with E-state index in [1.54, 1.807) is 0 Å². The van der Waals surface area contributed by atoms with Crippen molar-refractivity contribution in [2.24, 2.45) is 0 Å². The Morgan fingerprint density at radius 3 is 2.45 bits per heavy atom. The molecule has 1 aliphatic heterocycles. The molecule has 0 saturated carbocycles. The molecule has 4 heteroatoms. The third kappa shape index (κ3) is 3.33. The van der Waals surface area contributed by atoms with Gasteiger partial charge in [-0.1, -0.05) is 23.8 Å². The topological polar surface area (TPSA) is 23.6 Å². The zero-order chi connectivity index (χ0) is 14.7. The van der Waals surface area contributed by atoms with Crippen molar-refractivity contribution < 1.29 is 4.79 Å². The SMILES string of the molecule is Cc1ccc([C@@H](C)N2CCN(C(=O)CCl)CC2)c(C)c1. The first-order chi connectivity index (χ1) is 9.52. The first-order valence-electron chi connectivity index (χ1n) is 7.18. The number of hydrogen-bond donors (Lipinski definition) is 0. The number of aryl methyl sites for hydroxylation is 2. The van der Waals surface area contributed by atoms with Crippen LogP contribution in [0.1, 0.15) is 29.7 Å². The van der Waals surface area contributed by atoms with Gasteiger partial charge in [0, 0.05) is 32.2 Å². The lowest BCUT2D eigenvalue weighted by Gasteiger charge is -2.38. The molecule has 1 saturated heterocycles. The third-order valence-corrected chi connectivity index (χ3v) is 4.43. The van der Waals surface area contributed by atoms with Crippen molar-refractivity contribution in [3.63, 3.8) is 0 Å². The molecule has 1 aliphatic rings. The normalized spacial score (nSPS) is 18.1. The molecule has 0 N–H and O–H groups in total. The van der Waals surface area contributed by atoms with Gasteiger partial charge in [0.1, 0.15) is 5.88 Å². The molecule has 2 rings (SSSR count). The molecule has 1 amide bonds. The smallest absolute Gasteiger partial charge is 0.237 e. The van der Waals surface area contributed by atoms with E-state index in [9.17, 15) is 4.79 Å². The molecule has 3 nitrogen and oxygen atoms in total. The Bertz CT molecular complexity index is 481. The van der Waals surface area contributed by atoms with Gasteiger partial charge in [-0.3, -0.25) is 9.69 Å². The summed E-state index contributed by atoms with van der Waals surface area (Å²) in [5.41, 5.74) is 4.03. The van der Waals surface area contributed by atoms with E-state index in [4.69, 9.17) is 11.6 Å². The summed E-state index contributed by atoms with van der Waals surface area (Å²) in [5, 5.41) is 0. The lowest BCUT2D eigenvalue weighted by molar-refractivity contribution is -0.130. The van der Waals surface area contributed by atoms with E-state index in [-0.39, 0.29) is 11.8 Å². The maximum absolute atomic E-state index is 11.6. The highest BCUT2D eigenvalue weighted by molar-refractivity contribution is 6.27. The van der Waals surface area contributed by atoms with E-state index in [1.165, 1.54) is 16.7 Å². The lowest BCUT2D eigenvalue weighted by atomic mass is 9.99. The van der Waals surface area contributed by atoms with Crippen LogP contribution in [-0.2, 0) is 4.79 Å². The Morgan fingerprint density at radius 1 is 1.25 bits per heavy atom. The Labute approximate surface area is 126 Å². The minimum Gasteiger partial charge on any atom is -0.339 e. The van der Waals surface area contributed by atoms with Gasteiger partial charge in [0.25, 0.3) is 0 Å². The highest BCUT2D eigenvalue weighted by Gasteiger charge is 2.24. The maximum Gasteiger partial charge on any atom is 0.237 e. The predicted octanol–water partition coefficient (Wildman–Crippen LogP) is 2.75. The summed E-state index contributed by atoms with van der Waals surface area (Å²) in [7, 11) is 0. The summed E-state index contributed by atoms with van der Waals surface area (Å²) in [4.78, 5) is 15.9. The van der Waals surface area contributed by atoms with Gasteiger partial charge in [0.2, 0.25) is 5.91 Å². The summed E-state index contributed by atoms with van der Waals surface area (Å²) in [6.07, 6.45) is 0. The Hall–Kier alpha value is -1.06. The molecule has 0 aliphatic carbocycles. The molecule has 20 heavy (non-hydrogen) atoms. The summed E-state index contributed by atoms with van der Waals surface area (Å²) in [6.45, 7) is 9.93. The van der Waals surface area contributed by atoms with Gasteiger partial charge < -0.3 is 4.90 Å². The monoisotopic (exact) mass is 294 g/mol. The van der Waals surface area contributed by atoms with Crippen molar-refractivity contribution in [3.05, 3.63) is 34.9 Å². The number of benzene rings is 1. The molecule has 0 aromatic heterocycles. The molecule has 1 aromatic carbocycles. The van der Waals surface area contributed by atoms with Crippen molar-refractivity contribution in [3.8, 4) is 0 Å². The highest BCUT2D eigenvalue weighted by atomic mass is 35.5. The molecule has 1 fully saturated rings. The van der Waals surface area contributed by atoms with Gasteiger partial charge in [-0.2, -0.15) is 0 Å². The number of carbonyl (C=O) groups is 1. The Kier molecular flexibility index (Phi) is 5.06. The van der Waals surface area contributed by atoms with Crippen LogP contribution in [-0.4, -0.2) is 47.8 Å². The second-order valence-electron chi connectivity index (χ2n) is 5.59. The van der Waals surface area contributed by atoms with E-state index < -0.39 is 0 Å². The number of hydrogen-bond acceptors (Lipinski definition) is 2. The van der Waals surface area contributed by atoms with Gasteiger partial charge in [-0.25, -0.2) is 0 Å². The minimum absolute atomic E-state index is 0.0467. The van der Waals surface area contributed by atoms with Crippen LogP contribution >= 0.6 is 11.6 Å². The molecule has 0 bridgehead atoms. The van der Waals surface area contributed by atoms with Gasteiger partial charge in [-0.05, 0) is 31.9 Å². The highest BCUT2D eigenvalue weighted by Crippen LogP contribution is 2.25. The number of alkyl halides is 1. The fourth-order valence-electron chi connectivity index (χ4n) is 2.93. The van der Waals surface area contributed by atoms with E-state index in [0.29, 0.717) is 6.04 Å². The number of nitrogens with zero attached hydrogens (tertiary/aromatic N) is 2. The maximum atomic E-state index is 11.6. The largest absolute Gasteiger partial charge is 0.339 e. The van der Waals surface area contributed by atoms with Crippen molar-refractivity contribution in [1.29, 1.82) is 0 Å². The molecule has 0 radical (unpaired) electrons. The number of halogens is 1. The van der Waals surface area contributed by atoms with Crippen LogP contribution in [0.4, 0.5) is 0 Å². The molecule has 110 valence electrons. The minimum atomic E-state index is 0.0467. The van der Waals surface area contributed by atoms with E-state index in [0.717, 1.165) is 26.2 Å².